The van der Waals surface area contributed by atoms with Crippen LogP contribution >= 0.6 is 23.4 Å². The summed E-state index contributed by atoms with van der Waals surface area (Å²) in [6, 6.07) is 5.21. The van der Waals surface area contributed by atoms with Crippen LogP contribution in [0.25, 0.3) is 0 Å². The van der Waals surface area contributed by atoms with Gasteiger partial charge in [0.05, 0.1) is 6.61 Å². The summed E-state index contributed by atoms with van der Waals surface area (Å²) in [5.41, 5.74) is 0.762. The van der Waals surface area contributed by atoms with Crippen molar-refractivity contribution < 1.29 is 9.84 Å². The van der Waals surface area contributed by atoms with Crippen molar-refractivity contribution in [2.75, 3.05) is 12.2 Å². The van der Waals surface area contributed by atoms with Crippen molar-refractivity contribution in [2.45, 2.75) is 6.61 Å². The Labute approximate surface area is 86.9 Å². The van der Waals surface area contributed by atoms with Crippen LogP contribution in [0, 0.1) is 0 Å². The number of aliphatic hydroxyl groups is 1. The maximum Gasteiger partial charge on any atom is 0.133 e. The molecule has 0 atom stereocenters. The first-order valence-corrected chi connectivity index (χ1v) is 5.56. The lowest BCUT2D eigenvalue weighted by Gasteiger charge is -2.08. The molecule has 0 heterocycles. The van der Waals surface area contributed by atoms with Crippen LogP contribution in [0.2, 0.25) is 5.02 Å². The van der Waals surface area contributed by atoms with Crippen LogP contribution in [0.4, 0.5) is 0 Å². The molecule has 4 heteroatoms. The summed E-state index contributed by atoms with van der Waals surface area (Å²) in [4.78, 5) is 0. The highest BCUT2D eigenvalue weighted by Crippen LogP contribution is 2.23. The van der Waals surface area contributed by atoms with Crippen molar-refractivity contribution in [1.29, 1.82) is 0 Å². The van der Waals surface area contributed by atoms with Crippen molar-refractivity contribution in [1.82, 2.24) is 0 Å². The van der Waals surface area contributed by atoms with Gasteiger partial charge in [0.25, 0.3) is 0 Å². The molecule has 0 aromatic heterocycles. The molecular formula is C9H11ClO2S. The van der Waals surface area contributed by atoms with E-state index in [0.717, 1.165) is 5.56 Å². The zero-order valence-corrected chi connectivity index (χ0v) is 8.86. The minimum atomic E-state index is -0.0269. The van der Waals surface area contributed by atoms with E-state index in [1.165, 1.54) is 0 Å². The number of hydrogen-bond acceptors (Lipinski definition) is 3. The van der Waals surface area contributed by atoms with Crippen LogP contribution in [0.15, 0.2) is 18.2 Å². The van der Waals surface area contributed by atoms with Crippen molar-refractivity contribution in [2.24, 2.45) is 0 Å². The monoisotopic (exact) mass is 218 g/mol. The molecule has 2 nitrogen and oxygen atoms in total. The zero-order chi connectivity index (χ0) is 9.68. The predicted molar refractivity (Wildman–Crippen MR) is 56.4 cm³/mol. The average molecular weight is 219 g/mol. The van der Waals surface area contributed by atoms with Crippen LogP contribution in [0.5, 0.6) is 5.75 Å². The standard InChI is InChI=1S/C9H11ClO2S/c1-13-6-12-9-4-8(10)3-2-7(9)5-11/h2-4,11H,5-6H2,1H3. The second-order valence-corrected chi connectivity index (χ2v) is 3.71. The Hall–Kier alpha value is -0.380. The van der Waals surface area contributed by atoms with Gasteiger partial charge in [-0.05, 0) is 18.4 Å². The molecule has 0 amide bonds. The van der Waals surface area contributed by atoms with E-state index in [2.05, 4.69) is 0 Å². The number of halogens is 1. The molecule has 13 heavy (non-hydrogen) atoms. The molecule has 0 unspecified atom stereocenters. The molecule has 1 aromatic rings. The molecule has 1 rings (SSSR count). The molecule has 0 spiro atoms. The molecule has 0 saturated carbocycles. The molecule has 72 valence electrons. The number of rotatable bonds is 4. The van der Waals surface area contributed by atoms with Gasteiger partial charge in [-0.1, -0.05) is 17.7 Å². The van der Waals surface area contributed by atoms with Gasteiger partial charge in [0.15, 0.2) is 0 Å². The molecule has 0 fully saturated rings. The van der Waals surface area contributed by atoms with Crippen LogP contribution in [0.1, 0.15) is 5.56 Å². The third kappa shape index (κ3) is 3.10. The van der Waals surface area contributed by atoms with E-state index >= 15 is 0 Å². The fraction of sp³-hybridized carbons (Fsp3) is 0.333. The van der Waals surface area contributed by atoms with Crippen LogP contribution < -0.4 is 4.74 Å². The average Bonchev–Trinajstić information content (AvgIpc) is 2.15. The molecule has 0 aliphatic rings. The van der Waals surface area contributed by atoms with Gasteiger partial charge >= 0.3 is 0 Å². The lowest BCUT2D eigenvalue weighted by atomic mass is 10.2. The maximum absolute atomic E-state index is 8.98. The Morgan fingerprint density at radius 1 is 1.54 bits per heavy atom. The van der Waals surface area contributed by atoms with Gasteiger partial charge in [-0.2, -0.15) is 0 Å². The third-order valence-electron chi connectivity index (χ3n) is 1.53. The molecule has 0 bridgehead atoms. The Kier molecular flexibility index (Phi) is 4.42. The van der Waals surface area contributed by atoms with Gasteiger partial charge in [0.1, 0.15) is 11.7 Å². The normalized spacial score (nSPS) is 10.1. The quantitative estimate of drug-likeness (QED) is 0.788. The first-order chi connectivity index (χ1) is 6.27. The summed E-state index contributed by atoms with van der Waals surface area (Å²) in [5.74, 6) is 1.22. The molecule has 0 aliphatic carbocycles. The number of hydrogen-bond donors (Lipinski definition) is 1. The highest BCUT2D eigenvalue weighted by atomic mass is 35.5. The minimum Gasteiger partial charge on any atom is -0.483 e. The highest BCUT2D eigenvalue weighted by Gasteiger charge is 2.02. The first kappa shape index (κ1) is 10.7. The molecule has 0 saturated heterocycles. The van der Waals surface area contributed by atoms with E-state index in [4.69, 9.17) is 21.4 Å². The lowest BCUT2D eigenvalue weighted by Crippen LogP contribution is -1.96. The summed E-state index contributed by atoms with van der Waals surface area (Å²) >= 11 is 7.36. The summed E-state index contributed by atoms with van der Waals surface area (Å²) < 4.78 is 5.38. The number of benzene rings is 1. The topological polar surface area (TPSA) is 29.5 Å². The van der Waals surface area contributed by atoms with Crippen molar-refractivity contribution >= 4 is 23.4 Å². The Bertz CT molecular complexity index is 278. The molecule has 0 radical (unpaired) electrons. The zero-order valence-electron chi connectivity index (χ0n) is 7.29. The van der Waals surface area contributed by atoms with Gasteiger partial charge in [-0.3, -0.25) is 0 Å². The highest BCUT2D eigenvalue weighted by molar-refractivity contribution is 7.98. The minimum absolute atomic E-state index is 0.0269. The number of ether oxygens (including phenoxy) is 1. The summed E-state index contributed by atoms with van der Waals surface area (Å²) in [7, 11) is 0. The number of thioether (sulfide) groups is 1. The van der Waals surface area contributed by atoms with E-state index < -0.39 is 0 Å². The first-order valence-electron chi connectivity index (χ1n) is 3.79. The second-order valence-electron chi connectivity index (χ2n) is 2.46. The SMILES string of the molecule is CSCOc1cc(Cl)ccc1CO. The van der Waals surface area contributed by atoms with Gasteiger partial charge in [-0.15, -0.1) is 11.8 Å². The lowest BCUT2D eigenvalue weighted by molar-refractivity contribution is 0.272. The van der Waals surface area contributed by atoms with Crippen molar-refractivity contribution in [3.8, 4) is 5.75 Å². The van der Waals surface area contributed by atoms with Crippen LogP contribution in [-0.4, -0.2) is 17.3 Å². The maximum atomic E-state index is 8.98. The largest absolute Gasteiger partial charge is 0.483 e. The van der Waals surface area contributed by atoms with E-state index in [1.807, 2.05) is 6.26 Å². The van der Waals surface area contributed by atoms with Gasteiger partial charge in [0, 0.05) is 10.6 Å². The van der Waals surface area contributed by atoms with E-state index in [9.17, 15) is 0 Å². The molecular weight excluding hydrogens is 208 g/mol. The van der Waals surface area contributed by atoms with Gasteiger partial charge < -0.3 is 9.84 Å². The van der Waals surface area contributed by atoms with Crippen molar-refractivity contribution in [3.63, 3.8) is 0 Å². The summed E-state index contributed by atoms with van der Waals surface area (Å²) in [5, 5.41) is 9.60. The molecule has 0 aliphatic heterocycles. The summed E-state index contributed by atoms with van der Waals surface area (Å²) in [6.07, 6.45) is 1.95. The summed E-state index contributed by atoms with van der Waals surface area (Å²) in [6.45, 7) is -0.0269. The Balaban J connectivity index is 2.81. The Morgan fingerprint density at radius 3 is 2.92 bits per heavy atom. The van der Waals surface area contributed by atoms with Crippen LogP contribution in [-0.2, 0) is 6.61 Å². The number of aliphatic hydroxyl groups excluding tert-OH is 1. The fourth-order valence-electron chi connectivity index (χ4n) is 0.916. The van der Waals surface area contributed by atoms with Crippen LogP contribution in [0.3, 0.4) is 0 Å². The van der Waals surface area contributed by atoms with E-state index in [-0.39, 0.29) is 6.61 Å². The molecule has 1 aromatic carbocycles. The molecule has 1 N–H and O–H groups in total. The van der Waals surface area contributed by atoms with Gasteiger partial charge in [0.2, 0.25) is 0 Å². The smallest absolute Gasteiger partial charge is 0.133 e. The van der Waals surface area contributed by atoms with E-state index in [1.54, 1.807) is 30.0 Å². The van der Waals surface area contributed by atoms with Gasteiger partial charge in [-0.25, -0.2) is 0 Å². The van der Waals surface area contributed by atoms with Crippen molar-refractivity contribution in [3.05, 3.63) is 28.8 Å². The second kappa shape index (κ2) is 5.37. The third-order valence-corrected chi connectivity index (χ3v) is 2.12. The predicted octanol–water partition coefficient (Wildman–Crippen LogP) is 2.53. The Morgan fingerprint density at radius 2 is 2.31 bits per heavy atom. The van der Waals surface area contributed by atoms with E-state index in [0.29, 0.717) is 16.7 Å². The fourth-order valence-corrected chi connectivity index (χ4v) is 1.32.